The fraction of sp³-hybridized carbons (Fsp3) is 0.235. The lowest BCUT2D eigenvalue weighted by molar-refractivity contribution is 0.0964. The number of aromatic nitrogens is 3. The number of rotatable bonds is 4. The Labute approximate surface area is 139 Å². The SMILES string of the molecule is CCn1ncc2ccc(-c3ccnc(N)c3C(=O)NC)c(OC)c21. The Bertz CT molecular complexity index is 917. The lowest BCUT2D eigenvalue weighted by atomic mass is 9.98. The number of fused-ring (bicyclic) bond motifs is 1. The van der Waals surface area contributed by atoms with E-state index in [4.69, 9.17) is 10.5 Å². The van der Waals surface area contributed by atoms with Crippen LogP contribution >= 0.6 is 0 Å². The largest absolute Gasteiger partial charge is 0.494 e. The summed E-state index contributed by atoms with van der Waals surface area (Å²) in [6.07, 6.45) is 3.38. The molecule has 0 saturated heterocycles. The lowest BCUT2D eigenvalue weighted by Gasteiger charge is -2.15. The van der Waals surface area contributed by atoms with Crippen LogP contribution in [0, 0.1) is 0 Å². The molecule has 24 heavy (non-hydrogen) atoms. The summed E-state index contributed by atoms with van der Waals surface area (Å²) in [5.74, 6) is 0.544. The van der Waals surface area contributed by atoms with E-state index in [9.17, 15) is 4.79 Å². The molecular formula is C17H19N5O2. The molecule has 2 aromatic heterocycles. The van der Waals surface area contributed by atoms with Crippen LogP contribution in [0.15, 0.2) is 30.6 Å². The molecule has 7 nitrogen and oxygen atoms in total. The van der Waals surface area contributed by atoms with Crippen molar-refractivity contribution < 1.29 is 9.53 Å². The van der Waals surface area contributed by atoms with Gasteiger partial charge in [-0.1, -0.05) is 6.07 Å². The Hall–Kier alpha value is -3.09. The first kappa shape index (κ1) is 15.8. The molecule has 7 heteroatoms. The number of hydrogen-bond donors (Lipinski definition) is 2. The van der Waals surface area contributed by atoms with Crippen LogP contribution in [-0.4, -0.2) is 34.8 Å². The summed E-state index contributed by atoms with van der Waals surface area (Å²) in [6, 6.07) is 5.62. The number of carbonyl (C=O) groups is 1. The predicted molar refractivity (Wildman–Crippen MR) is 93.0 cm³/mol. The minimum atomic E-state index is -0.290. The smallest absolute Gasteiger partial charge is 0.255 e. The van der Waals surface area contributed by atoms with E-state index in [0.717, 1.165) is 16.5 Å². The summed E-state index contributed by atoms with van der Waals surface area (Å²) in [5.41, 5.74) is 8.61. The quantitative estimate of drug-likeness (QED) is 0.765. The van der Waals surface area contributed by atoms with Gasteiger partial charge in [0.25, 0.3) is 5.91 Å². The lowest BCUT2D eigenvalue weighted by Crippen LogP contribution is -2.21. The number of anilines is 1. The molecule has 3 aromatic rings. The Kier molecular flexibility index (Phi) is 4.07. The summed E-state index contributed by atoms with van der Waals surface area (Å²) in [5, 5.41) is 7.95. The zero-order valence-corrected chi connectivity index (χ0v) is 13.8. The highest BCUT2D eigenvalue weighted by molar-refractivity contribution is 6.06. The molecule has 0 aliphatic rings. The number of pyridine rings is 1. The van der Waals surface area contributed by atoms with Crippen molar-refractivity contribution in [3.05, 3.63) is 36.2 Å². The van der Waals surface area contributed by atoms with Crippen LogP contribution in [0.1, 0.15) is 17.3 Å². The highest BCUT2D eigenvalue weighted by atomic mass is 16.5. The zero-order chi connectivity index (χ0) is 17.3. The van der Waals surface area contributed by atoms with Gasteiger partial charge in [0.15, 0.2) is 5.75 Å². The van der Waals surface area contributed by atoms with E-state index in [1.54, 1.807) is 32.6 Å². The van der Waals surface area contributed by atoms with Crippen molar-refractivity contribution in [2.45, 2.75) is 13.5 Å². The van der Waals surface area contributed by atoms with Crippen molar-refractivity contribution >= 4 is 22.6 Å². The number of nitrogens with two attached hydrogens (primary N) is 1. The van der Waals surface area contributed by atoms with Crippen molar-refractivity contribution in [1.82, 2.24) is 20.1 Å². The molecule has 0 radical (unpaired) electrons. The summed E-state index contributed by atoms with van der Waals surface area (Å²) in [6.45, 7) is 2.73. The molecule has 0 unspecified atom stereocenters. The highest BCUT2D eigenvalue weighted by Crippen LogP contribution is 2.39. The molecule has 1 aromatic carbocycles. The van der Waals surface area contributed by atoms with E-state index in [-0.39, 0.29) is 11.7 Å². The van der Waals surface area contributed by atoms with Crippen molar-refractivity contribution in [2.75, 3.05) is 19.9 Å². The fourth-order valence-electron chi connectivity index (χ4n) is 2.87. The molecule has 0 fully saturated rings. The number of carbonyl (C=O) groups excluding carboxylic acids is 1. The molecule has 3 rings (SSSR count). The second-order valence-electron chi connectivity index (χ2n) is 5.24. The van der Waals surface area contributed by atoms with Gasteiger partial charge in [-0.15, -0.1) is 0 Å². The number of hydrogen-bond acceptors (Lipinski definition) is 5. The van der Waals surface area contributed by atoms with E-state index in [1.807, 2.05) is 23.7 Å². The Morgan fingerprint density at radius 2 is 2.12 bits per heavy atom. The fourth-order valence-corrected chi connectivity index (χ4v) is 2.87. The first-order valence-corrected chi connectivity index (χ1v) is 7.61. The molecule has 0 spiro atoms. The number of amides is 1. The standard InChI is InChI=1S/C17H19N5O2/c1-4-22-14-10(9-21-22)5-6-12(15(14)24-3)11-7-8-20-16(18)13(11)17(23)19-2/h5-9H,4H2,1-3H3,(H2,18,20)(H,19,23). The van der Waals surface area contributed by atoms with Gasteiger partial charge in [-0.05, 0) is 19.1 Å². The van der Waals surface area contributed by atoms with Crippen LogP contribution in [0.4, 0.5) is 5.82 Å². The Balaban J connectivity index is 2.35. The molecule has 0 saturated carbocycles. The zero-order valence-electron chi connectivity index (χ0n) is 13.8. The summed E-state index contributed by atoms with van der Waals surface area (Å²) < 4.78 is 7.53. The highest BCUT2D eigenvalue weighted by Gasteiger charge is 2.21. The van der Waals surface area contributed by atoms with E-state index in [0.29, 0.717) is 23.4 Å². The minimum Gasteiger partial charge on any atom is -0.494 e. The number of benzene rings is 1. The van der Waals surface area contributed by atoms with Crippen molar-refractivity contribution in [3.63, 3.8) is 0 Å². The van der Waals surface area contributed by atoms with E-state index in [1.165, 1.54) is 0 Å². The number of nitrogens with one attached hydrogen (secondary N) is 1. The van der Waals surface area contributed by atoms with Gasteiger partial charge in [-0.25, -0.2) is 4.98 Å². The number of nitrogen functional groups attached to an aromatic ring is 1. The third kappa shape index (κ3) is 2.34. The topological polar surface area (TPSA) is 95.1 Å². The predicted octanol–water partition coefficient (Wildman–Crippen LogP) is 2.07. The van der Waals surface area contributed by atoms with Crippen LogP contribution in [0.25, 0.3) is 22.0 Å². The molecule has 0 atom stereocenters. The number of aryl methyl sites for hydroxylation is 1. The minimum absolute atomic E-state index is 0.179. The Morgan fingerprint density at radius 1 is 1.33 bits per heavy atom. The normalized spacial score (nSPS) is 10.8. The van der Waals surface area contributed by atoms with Crippen LogP contribution < -0.4 is 15.8 Å². The van der Waals surface area contributed by atoms with Crippen LogP contribution in [0.5, 0.6) is 5.75 Å². The average Bonchev–Trinajstić information content (AvgIpc) is 3.03. The number of nitrogens with zero attached hydrogens (tertiary/aromatic N) is 3. The van der Waals surface area contributed by atoms with Gasteiger partial charge in [0.05, 0.1) is 18.9 Å². The first-order chi connectivity index (χ1) is 11.6. The van der Waals surface area contributed by atoms with E-state index < -0.39 is 0 Å². The average molecular weight is 325 g/mol. The number of methoxy groups -OCH3 is 1. The van der Waals surface area contributed by atoms with Gasteiger partial charge in [0.1, 0.15) is 11.3 Å². The maximum atomic E-state index is 12.3. The first-order valence-electron chi connectivity index (χ1n) is 7.61. The van der Waals surface area contributed by atoms with Crippen LogP contribution in [0.3, 0.4) is 0 Å². The second kappa shape index (κ2) is 6.19. The molecule has 0 aliphatic heterocycles. The van der Waals surface area contributed by atoms with Crippen LogP contribution in [0.2, 0.25) is 0 Å². The Morgan fingerprint density at radius 3 is 2.79 bits per heavy atom. The third-order valence-electron chi connectivity index (χ3n) is 3.99. The maximum Gasteiger partial charge on any atom is 0.255 e. The maximum absolute atomic E-state index is 12.3. The molecule has 0 aliphatic carbocycles. The molecule has 3 N–H and O–H groups in total. The van der Waals surface area contributed by atoms with Crippen LogP contribution in [-0.2, 0) is 6.54 Å². The molecular weight excluding hydrogens is 306 g/mol. The summed E-state index contributed by atoms with van der Waals surface area (Å²) in [7, 11) is 3.17. The third-order valence-corrected chi connectivity index (χ3v) is 3.99. The van der Waals surface area contributed by atoms with Crippen molar-refractivity contribution in [1.29, 1.82) is 0 Å². The van der Waals surface area contributed by atoms with Crippen molar-refractivity contribution in [3.8, 4) is 16.9 Å². The molecule has 1 amide bonds. The summed E-state index contributed by atoms with van der Waals surface area (Å²) >= 11 is 0. The van der Waals surface area contributed by atoms with Crippen molar-refractivity contribution in [2.24, 2.45) is 0 Å². The number of ether oxygens (including phenoxy) is 1. The van der Waals surface area contributed by atoms with Gasteiger partial charge in [-0.2, -0.15) is 5.10 Å². The summed E-state index contributed by atoms with van der Waals surface area (Å²) in [4.78, 5) is 16.3. The van der Waals surface area contributed by atoms with E-state index in [2.05, 4.69) is 15.4 Å². The van der Waals surface area contributed by atoms with Gasteiger partial charge in [-0.3, -0.25) is 9.48 Å². The molecule has 2 heterocycles. The second-order valence-corrected chi connectivity index (χ2v) is 5.24. The van der Waals surface area contributed by atoms with E-state index >= 15 is 0 Å². The van der Waals surface area contributed by atoms with Gasteiger partial charge in [0.2, 0.25) is 0 Å². The monoisotopic (exact) mass is 325 g/mol. The van der Waals surface area contributed by atoms with Gasteiger partial charge in [0, 0.05) is 36.3 Å². The molecule has 124 valence electrons. The van der Waals surface area contributed by atoms with Gasteiger partial charge >= 0.3 is 0 Å². The van der Waals surface area contributed by atoms with Gasteiger partial charge < -0.3 is 15.8 Å². The molecule has 0 bridgehead atoms.